The Morgan fingerprint density at radius 3 is 1.35 bits per heavy atom. The van der Waals surface area contributed by atoms with Crippen molar-refractivity contribution in [3.05, 3.63) is 237 Å². The number of benzene rings is 10. The molecule has 0 amide bonds. The van der Waals surface area contributed by atoms with Crippen molar-refractivity contribution >= 4 is 53.4 Å². The molecule has 13 aromatic rings. The van der Waals surface area contributed by atoms with Crippen molar-refractivity contribution in [1.82, 2.24) is 15.0 Å². The number of fused-ring (bicyclic) bond motifs is 6. The van der Waals surface area contributed by atoms with Crippen molar-refractivity contribution in [3.63, 3.8) is 0 Å². The van der Waals surface area contributed by atoms with Crippen LogP contribution in [0.2, 0.25) is 0 Å². The molecule has 0 aliphatic carbocycles. The molecule has 13 rings (SSSR count). The van der Waals surface area contributed by atoms with Gasteiger partial charge in [-0.3, -0.25) is 0 Å². The van der Waals surface area contributed by atoms with E-state index in [2.05, 4.69) is 200 Å². The Hall–Kier alpha value is -8.77. The summed E-state index contributed by atoms with van der Waals surface area (Å²) in [5.41, 5.74) is 16.0. The van der Waals surface area contributed by atoms with Crippen LogP contribution in [0.3, 0.4) is 0 Å². The second-order valence-electron chi connectivity index (χ2n) is 17.1. The molecule has 0 N–H and O–H groups in total. The Labute approximate surface area is 397 Å². The Morgan fingerprint density at radius 2 is 0.750 bits per heavy atom. The molecule has 3 aromatic heterocycles. The van der Waals surface area contributed by atoms with E-state index in [1.54, 1.807) is 11.3 Å². The van der Waals surface area contributed by atoms with Gasteiger partial charge in [0.25, 0.3) is 0 Å². The van der Waals surface area contributed by atoms with E-state index in [9.17, 15) is 0 Å². The maximum atomic E-state index is 6.98. The zero-order chi connectivity index (χ0) is 45.0. The highest BCUT2D eigenvalue weighted by Crippen LogP contribution is 2.46. The average molecular weight is 886 g/mol. The lowest BCUT2D eigenvalue weighted by Gasteiger charge is -2.11. The van der Waals surface area contributed by atoms with Gasteiger partial charge in [0.2, 0.25) is 0 Å². The zero-order valence-electron chi connectivity index (χ0n) is 36.7. The third-order valence-corrected chi connectivity index (χ3v) is 14.1. The van der Waals surface area contributed by atoms with Crippen LogP contribution in [0.5, 0.6) is 0 Å². The minimum Gasteiger partial charge on any atom is -0.455 e. The number of thiophene rings is 1. The molecule has 0 saturated heterocycles. The minimum atomic E-state index is 0.642. The summed E-state index contributed by atoms with van der Waals surface area (Å²) in [6.07, 6.45) is 0. The van der Waals surface area contributed by atoms with Gasteiger partial charge in [-0.2, -0.15) is 0 Å². The molecule has 0 aliphatic heterocycles. The molecule has 0 atom stereocenters. The Bertz CT molecular complexity index is 3920. The second-order valence-corrected chi connectivity index (χ2v) is 18.2. The third kappa shape index (κ3) is 7.05. The Balaban J connectivity index is 0.992. The molecule has 68 heavy (non-hydrogen) atoms. The molecule has 5 heteroatoms. The first-order valence-corrected chi connectivity index (χ1v) is 23.6. The van der Waals surface area contributed by atoms with Gasteiger partial charge < -0.3 is 4.42 Å². The summed E-state index contributed by atoms with van der Waals surface area (Å²) in [5.74, 6) is 1.93. The standard InChI is InChI=1S/C63H39N3OS/c1-5-15-40(16-6-1)42-27-29-44(30-28-42)49-38-52(45-33-31-43(32-34-45)41-17-7-2-8-18-41)60-54(39-49)58-50(23-13-25-55(58)67-60)48-35-36-56-53(37-48)59-51(24-14-26-57(59)68-56)63-65-61(46-19-9-3-10-20-46)64-62(66-63)47-21-11-4-12-22-47/h1-39H. The Morgan fingerprint density at radius 1 is 0.279 bits per heavy atom. The average Bonchev–Trinajstić information content (AvgIpc) is 4.00. The summed E-state index contributed by atoms with van der Waals surface area (Å²) in [6.45, 7) is 0. The van der Waals surface area contributed by atoms with Gasteiger partial charge in [0.1, 0.15) is 11.2 Å². The highest BCUT2D eigenvalue weighted by molar-refractivity contribution is 7.26. The molecule has 10 aromatic carbocycles. The first-order valence-electron chi connectivity index (χ1n) is 22.8. The van der Waals surface area contributed by atoms with Gasteiger partial charge in [-0.1, -0.05) is 200 Å². The number of aromatic nitrogens is 3. The fourth-order valence-corrected chi connectivity index (χ4v) is 10.7. The predicted molar refractivity (Wildman–Crippen MR) is 283 cm³/mol. The molecular weight excluding hydrogens is 847 g/mol. The highest BCUT2D eigenvalue weighted by Gasteiger charge is 2.21. The van der Waals surface area contributed by atoms with Crippen LogP contribution in [0.15, 0.2) is 241 Å². The third-order valence-electron chi connectivity index (χ3n) is 13.0. The van der Waals surface area contributed by atoms with Crippen LogP contribution >= 0.6 is 11.3 Å². The largest absolute Gasteiger partial charge is 0.455 e. The molecule has 0 radical (unpaired) electrons. The molecule has 0 aliphatic rings. The van der Waals surface area contributed by atoms with Gasteiger partial charge in [-0.05, 0) is 86.5 Å². The van der Waals surface area contributed by atoms with Gasteiger partial charge in [0.15, 0.2) is 17.5 Å². The van der Waals surface area contributed by atoms with Crippen molar-refractivity contribution in [2.75, 3.05) is 0 Å². The van der Waals surface area contributed by atoms with E-state index in [4.69, 9.17) is 19.4 Å². The summed E-state index contributed by atoms with van der Waals surface area (Å²) in [7, 11) is 0. The molecule has 0 unspecified atom stereocenters. The molecule has 0 saturated carbocycles. The van der Waals surface area contributed by atoms with Gasteiger partial charge in [0, 0.05) is 53.2 Å². The van der Waals surface area contributed by atoms with E-state index in [0.717, 1.165) is 82.8 Å². The quantitative estimate of drug-likeness (QED) is 0.153. The lowest BCUT2D eigenvalue weighted by molar-refractivity contribution is 0.670. The molecule has 0 fully saturated rings. The number of rotatable bonds is 8. The fourth-order valence-electron chi connectivity index (χ4n) is 9.62. The lowest BCUT2D eigenvalue weighted by atomic mass is 9.92. The summed E-state index contributed by atoms with van der Waals surface area (Å²) in [6, 6.07) is 83.5. The van der Waals surface area contributed by atoms with Gasteiger partial charge >= 0.3 is 0 Å². The van der Waals surface area contributed by atoms with Gasteiger partial charge in [-0.25, -0.2) is 15.0 Å². The van der Waals surface area contributed by atoms with E-state index in [1.165, 1.54) is 31.7 Å². The molecule has 3 heterocycles. The predicted octanol–water partition coefficient (Wildman–Crippen LogP) is 17.5. The molecule has 4 nitrogen and oxygen atoms in total. The smallest absolute Gasteiger partial charge is 0.164 e. The maximum absolute atomic E-state index is 6.98. The van der Waals surface area contributed by atoms with Crippen LogP contribution in [0, 0.1) is 0 Å². The van der Waals surface area contributed by atoms with Crippen molar-refractivity contribution in [2.45, 2.75) is 0 Å². The van der Waals surface area contributed by atoms with Crippen LogP contribution in [0.25, 0.3) is 132 Å². The van der Waals surface area contributed by atoms with Gasteiger partial charge in [0.05, 0.1) is 0 Å². The first-order chi connectivity index (χ1) is 33.7. The summed E-state index contributed by atoms with van der Waals surface area (Å²) in [4.78, 5) is 15.3. The van der Waals surface area contributed by atoms with Crippen LogP contribution in [-0.4, -0.2) is 15.0 Å². The second kappa shape index (κ2) is 16.6. The summed E-state index contributed by atoms with van der Waals surface area (Å²) < 4.78 is 9.35. The van der Waals surface area contributed by atoms with E-state index in [-0.39, 0.29) is 0 Å². The van der Waals surface area contributed by atoms with Crippen LogP contribution in [0.4, 0.5) is 0 Å². The molecule has 0 bridgehead atoms. The van der Waals surface area contributed by atoms with E-state index in [1.807, 2.05) is 36.4 Å². The number of nitrogens with zero attached hydrogens (tertiary/aromatic N) is 3. The SMILES string of the molecule is c1ccc(-c2ccc(-c3cc(-c4ccc(-c5ccccc5)cc4)c4oc5cccc(-c6ccc7sc8cccc(-c9nc(-c%10ccccc%10)nc(-c%10ccccc%10)n9)c8c7c6)c5c4c3)cc2)cc1. The van der Waals surface area contributed by atoms with Crippen LogP contribution in [-0.2, 0) is 0 Å². The van der Waals surface area contributed by atoms with Crippen molar-refractivity contribution in [3.8, 4) is 89.8 Å². The van der Waals surface area contributed by atoms with Crippen molar-refractivity contribution in [1.29, 1.82) is 0 Å². The zero-order valence-corrected chi connectivity index (χ0v) is 37.5. The molecular formula is C63H39N3OS. The molecule has 0 spiro atoms. The van der Waals surface area contributed by atoms with Crippen molar-refractivity contribution in [2.24, 2.45) is 0 Å². The van der Waals surface area contributed by atoms with Gasteiger partial charge in [-0.15, -0.1) is 11.3 Å². The fraction of sp³-hybridized carbons (Fsp3) is 0. The van der Waals surface area contributed by atoms with Crippen LogP contribution < -0.4 is 0 Å². The van der Waals surface area contributed by atoms with Crippen molar-refractivity contribution < 1.29 is 4.42 Å². The van der Waals surface area contributed by atoms with E-state index < -0.39 is 0 Å². The minimum absolute atomic E-state index is 0.642. The summed E-state index contributed by atoms with van der Waals surface area (Å²) >= 11 is 1.79. The summed E-state index contributed by atoms with van der Waals surface area (Å²) in [5, 5.41) is 4.45. The Kier molecular flexibility index (Phi) is 9.66. The number of hydrogen-bond acceptors (Lipinski definition) is 5. The van der Waals surface area contributed by atoms with E-state index in [0.29, 0.717) is 17.5 Å². The van der Waals surface area contributed by atoms with E-state index >= 15 is 0 Å². The lowest BCUT2D eigenvalue weighted by Crippen LogP contribution is -2.00. The molecule has 318 valence electrons. The number of hydrogen-bond donors (Lipinski definition) is 0. The van der Waals surface area contributed by atoms with Crippen LogP contribution in [0.1, 0.15) is 0 Å². The number of furan rings is 1. The normalized spacial score (nSPS) is 11.5. The first kappa shape index (κ1) is 39.6. The highest BCUT2D eigenvalue weighted by atomic mass is 32.1. The maximum Gasteiger partial charge on any atom is 0.164 e. The topological polar surface area (TPSA) is 51.8 Å². The monoisotopic (exact) mass is 885 g/mol.